The van der Waals surface area contributed by atoms with Gasteiger partial charge in [-0.25, -0.2) is 9.97 Å². The first-order valence-electron chi connectivity index (χ1n) is 9.49. The highest BCUT2D eigenvalue weighted by Gasteiger charge is 2.26. The molecule has 0 saturated heterocycles. The Hall–Kier alpha value is -4.31. The minimum Gasteiger partial charge on any atom is -0.497 e. The van der Waals surface area contributed by atoms with Crippen LogP contribution in [0.1, 0.15) is 0 Å². The highest BCUT2D eigenvalue weighted by atomic mass is 32.1. The molecule has 0 spiro atoms. The maximum Gasteiger partial charge on any atom is 0.373 e. The summed E-state index contributed by atoms with van der Waals surface area (Å²) in [5.41, 5.74) is 0.361. The van der Waals surface area contributed by atoms with E-state index in [2.05, 4.69) is 20.3 Å². The molecule has 0 aliphatic carbocycles. The Balaban J connectivity index is 1.53. The number of ether oxygens (including phenoxy) is 2. The Labute approximate surface area is 185 Å². The summed E-state index contributed by atoms with van der Waals surface area (Å²) in [6.45, 7) is 0. The molecule has 9 nitrogen and oxygen atoms in total. The Morgan fingerprint density at radius 2 is 1.91 bits per heavy atom. The molecule has 0 aliphatic heterocycles. The standard InChI is InChI=1S/C22H15N5O4S/c1-30-14-9-10-16-18(11-14)32-22(25-16)26-20-19(27(28)29)21(24-12-23-20)31-17-8-4-6-13-5-2-3-7-15(13)17/h2-12H,1H3,(H,23,24,25,26). The lowest BCUT2D eigenvalue weighted by molar-refractivity contribution is -0.385. The van der Waals surface area contributed by atoms with E-state index in [4.69, 9.17) is 9.47 Å². The van der Waals surface area contributed by atoms with Gasteiger partial charge in [0.15, 0.2) is 5.13 Å². The van der Waals surface area contributed by atoms with Crippen molar-refractivity contribution >= 4 is 49.0 Å². The van der Waals surface area contributed by atoms with Crippen molar-refractivity contribution < 1.29 is 14.4 Å². The number of nitrogens with one attached hydrogen (secondary N) is 1. The van der Waals surface area contributed by atoms with Gasteiger partial charge in [-0.15, -0.1) is 0 Å². The van der Waals surface area contributed by atoms with E-state index >= 15 is 0 Å². The van der Waals surface area contributed by atoms with Gasteiger partial charge in [0.05, 0.1) is 22.2 Å². The number of benzene rings is 3. The summed E-state index contributed by atoms with van der Waals surface area (Å²) in [6, 6.07) is 18.6. The number of rotatable bonds is 6. The molecule has 0 fully saturated rings. The number of nitrogens with zero attached hydrogens (tertiary/aromatic N) is 4. The van der Waals surface area contributed by atoms with E-state index in [1.807, 2.05) is 48.5 Å². The van der Waals surface area contributed by atoms with Crippen molar-refractivity contribution in [3.8, 4) is 17.4 Å². The van der Waals surface area contributed by atoms with Crippen molar-refractivity contribution in [2.45, 2.75) is 0 Å². The number of nitro groups is 1. The normalized spacial score (nSPS) is 10.9. The number of hydrogen-bond acceptors (Lipinski definition) is 9. The summed E-state index contributed by atoms with van der Waals surface area (Å²) in [5.74, 6) is 0.993. The van der Waals surface area contributed by atoms with Gasteiger partial charge in [0.1, 0.15) is 17.8 Å². The predicted molar refractivity (Wildman–Crippen MR) is 122 cm³/mol. The van der Waals surface area contributed by atoms with Crippen LogP contribution in [0.3, 0.4) is 0 Å². The highest BCUT2D eigenvalue weighted by molar-refractivity contribution is 7.22. The van der Waals surface area contributed by atoms with Crippen LogP contribution in [0.25, 0.3) is 21.0 Å². The zero-order valence-corrected chi connectivity index (χ0v) is 17.5. The summed E-state index contributed by atoms with van der Waals surface area (Å²) in [5, 5.41) is 17.1. The largest absolute Gasteiger partial charge is 0.497 e. The van der Waals surface area contributed by atoms with Crippen molar-refractivity contribution in [1.82, 2.24) is 15.0 Å². The Kier molecular flexibility index (Phi) is 4.96. The molecule has 0 saturated carbocycles. The molecule has 0 unspecified atom stereocenters. The third-order valence-electron chi connectivity index (χ3n) is 4.75. The number of fused-ring (bicyclic) bond motifs is 2. The number of aromatic nitrogens is 3. The molecule has 1 N–H and O–H groups in total. The van der Waals surface area contributed by atoms with Crippen LogP contribution in [0, 0.1) is 10.1 Å². The van der Waals surface area contributed by atoms with Gasteiger partial charge in [-0.3, -0.25) is 10.1 Å². The van der Waals surface area contributed by atoms with Crippen LogP contribution >= 0.6 is 11.3 Å². The molecule has 10 heteroatoms. The van der Waals surface area contributed by atoms with Crippen LogP contribution in [0.4, 0.5) is 16.6 Å². The second kappa shape index (κ2) is 8.08. The molecular formula is C22H15N5O4S. The van der Waals surface area contributed by atoms with E-state index in [-0.39, 0.29) is 17.4 Å². The third kappa shape index (κ3) is 3.63. The third-order valence-corrected chi connectivity index (χ3v) is 5.68. The minimum absolute atomic E-state index is 0.00809. The quantitative estimate of drug-likeness (QED) is 0.262. The maximum absolute atomic E-state index is 11.9. The molecule has 2 aromatic heterocycles. The molecule has 0 amide bonds. The molecule has 5 aromatic rings. The van der Waals surface area contributed by atoms with E-state index < -0.39 is 4.92 Å². The Morgan fingerprint density at radius 1 is 1.06 bits per heavy atom. The molecule has 0 atom stereocenters. The molecule has 2 heterocycles. The average Bonchev–Trinajstić information content (AvgIpc) is 3.20. The number of anilines is 2. The Morgan fingerprint density at radius 3 is 2.75 bits per heavy atom. The summed E-state index contributed by atoms with van der Waals surface area (Å²) >= 11 is 1.33. The fourth-order valence-corrected chi connectivity index (χ4v) is 4.16. The fraction of sp³-hybridized carbons (Fsp3) is 0.0455. The zero-order chi connectivity index (χ0) is 22.1. The van der Waals surface area contributed by atoms with E-state index in [1.54, 1.807) is 19.2 Å². The van der Waals surface area contributed by atoms with Gasteiger partial charge in [0.2, 0.25) is 5.82 Å². The smallest absolute Gasteiger partial charge is 0.373 e. The van der Waals surface area contributed by atoms with Crippen molar-refractivity contribution in [2.75, 3.05) is 12.4 Å². The fourth-order valence-electron chi connectivity index (χ4n) is 3.27. The molecule has 0 bridgehead atoms. The zero-order valence-electron chi connectivity index (χ0n) is 16.7. The SMILES string of the molecule is COc1ccc2nc(Nc3ncnc(Oc4cccc5ccccc45)c3[N+](=O)[O-])sc2c1. The van der Waals surface area contributed by atoms with Gasteiger partial charge in [-0.1, -0.05) is 47.7 Å². The highest BCUT2D eigenvalue weighted by Crippen LogP contribution is 2.39. The second-order valence-corrected chi connectivity index (χ2v) is 7.72. The lowest BCUT2D eigenvalue weighted by Gasteiger charge is -2.10. The lowest BCUT2D eigenvalue weighted by Crippen LogP contribution is -2.03. The van der Waals surface area contributed by atoms with Crippen LogP contribution in [0.5, 0.6) is 17.4 Å². The number of methoxy groups -OCH3 is 1. The van der Waals surface area contributed by atoms with E-state index in [1.165, 1.54) is 17.7 Å². The maximum atomic E-state index is 11.9. The van der Waals surface area contributed by atoms with Crippen LogP contribution < -0.4 is 14.8 Å². The van der Waals surface area contributed by atoms with Crippen molar-refractivity contribution in [2.24, 2.45) is 0 Å². The molecule has 158 valence electrons. The molecule has 5 rings (SSSR count). The number of hydrogen-bond donors (Lipinski definition) is 1. The van der Waals surface area contributed by atoms with Gasteiger partial charge in [0.25, 0.3) is 0 Å². The lowest BCUT2D eigenvalue weighted by atomic mass is 10.1. The molecular weight excluding hydrogens is 430 g/mol. The molecule has 0 aliphatic rings. The van der Waals surface area contributed by atoms with E-state index in [9.17, 15) is 10.1 Å². The van der Waals surface area contributed by atoms with Gasteiger partial charge in [0, 0.05) is 5.39 Å². The van der Waals surface area contributed by atoms with Crippen molar-refractivity contribution in [3.63, 3.8) is 0 Å². The monoisotopic (exact) mass is 445 g/mol. The summed E-state index contributed by atoms with van der Waals surface area (Å²) in [4.78, 5) is 23.9. The Bertz CT molecular complexity index is 1460. The van der Waals surface area contributed by atoms with Crippen LogP contribution in [0.15, 0.2) is 67.0 Å². The minimum atomic E-state index is -0.570. The van der Waals surface area contributed by atoms with Crippen LogP contribution in [-0.2, 0) is 0 Å². The van der Waals surface area contributed by atoms with Gasteiger partial charge in [-0.05, 0) is 29.7 Å². The van der Waals surface area contributed by atoms with Crippen LogP contribution in [0.2, 0.25) is 0 Å². The van der Waals surface area contributed by atoms with E-state index in [0.717, 1.165) is 21.0 Å². The first-order valence-corrected chi connectivity index (χ1v) is 10.3. The predicted octanol–water partition coefficient (Wildman–Crippen LogP) is 5.69. The van der Waals surface area contributed by atoms with Gasteiger partial charge >= 0.3 is 11.6 Å². The van der Waals surface area contributed by atoms with Crippen molar-refractivity contribution in [1.29, 1.82) is 0 Å². The van der Waals surface area contributed by atoms with Gasteiger partial charge < -0.3 is 14.8 Å². The first kappa shape index (κ1) is 19.6. The molecule has 32 heavy (non-hydrogen) atoms. The number of thiazole rings is 1. The second-order valence-electron chi connectivity index (χ2n) is 6.69. The topological polar surface area (TPSA) is 112 Å². The van der Waals surface area contributed by atoms with Crippen LogP contribution in [-0.4, -0.2) is 27.0 Å². The molecule has 0 radical (unpaired) electrons. The van der Waals surface area contributed by atoms with Gasteiger partial charge in [-0.2, -0.15) is 4.98 Å². The summed E-state index contributed by atoms with van der Waals surface area (Å²) in [6.07, 6.45) is 1.21. The first-order chi connectivity index (χ1) is 15.6. The summed E-state index contributed by atoms with van der Waals surface area (Å²) < 4.78 is 12.0. The van der Waals surface area contributed by atoms with Crippen molar-refractivity contribution in [3.05, 3.63) is 77.1 Å². The average molecular weight is 445 g/mol. The van der Waals surface area contributed by atoms with E-state index in [0.29, 0.717) is 16.6 Å². The summed E-state index contributed by atoms with van der Waals surface area (Å²) in [7, 11) is 1.59. The molecule has 3 aromatic carbocycles.